The highest BCUT2D eigenvalue weighted by atomic mass is 35.5. The van der Waals surface area contributed by atoms with Gasteiger partial charge in [0.25, 0.3) is 0 Å². The van der Waals surface area contributed by atoms with Crippen molar-refractivity contribution in [3.8, 4) is 11.5 Å². The van der Waals surface area contributed by atoms with Crippen molar-refractivity contribution in [3.05, 3.63) is 23.3 Å². The number of carbonyl (C=O) groups is 3. The van der Waals surface area contributed by atoms with Gasteiger partial charge in [-0.05, 0) is 50.4 Å². The van der Waals surface area contributed by atoms with E-state index in [1.54, 1.807) is 19.9 Å². The lowest BCUT2D eigenvalue weighted by atomic mass is 9.49. The number of hydrogen-bond donors (Lipinski definition) is 3. The molecule has 9 nitrogen and oxygen atoms in total. The summed E-state index contributed by atoms with van der Waals surface area (Å²) in [6, 6.07) is 2.26. The van der Waals surface area contributed by atoms with Crippen LogP contribution in [0.2, 0.25) is 0 Å². The lowest BCUT2D eigenvalue weighted by Crippen LogP contribution is -2.76. The van der Waals surface area contributed by atoms with E-state index in [9.17, 15) is 24.6 Å². The van der Waals surface area contributed by atoms with E-state index in [1.807, 2.05) is 13.1 Å². The number of rotatable bonds is 4. The molecule has 1 aromatic carbocycles. The lowest BCUT2D eigenvalue weighted by molar-refractivity contribution is -0.185. The van der Waals surface area contributed by atoms with Gasteiger partial charge < -0.3 is 29.9 Å². The molecule has 180 valence electrons. The zero-order chi connectivity index (χ0) is 23.0. The highest BCUT2D eigenvalue weighted by Gasteiger charge is 2.72. The molecule has 1 saturated heterocycles. The van der Waals surface area contributed by atoms with Crippen molar-refractivity contribution in [1.29, 1.82) is 0 Å². The Bertz CT molecular complexity index is 1030. The molecule has 5 rings (SSSR count). The third-order valence-electron chi connectivity index (χ3n) is 7.92. The first kappa shape index (κ1) is 23.8. The van der Waals surface area contributed by atoms with Gasteiger partial charge in [-0.1, -0.05) is 19.9 Å². The van der Waals surface area contributed by atoms with E-state index in [1.165, 1.54) is 0 Å². The molecule has 1 spiro atoms. The molecule has 4 aliphatic rings. The maximum absolute atomic E-state index is 12.9. The maximum atomic E-state index is 12.9. The minimum Gasteiger partial charge on any atom is -0.480 e. The third-order valence-corrected chi connectivity index (χ3v) is 7.92. The van der Waals surface area contributed by atoms with Crippen LogP contribution >= 0.6 is 12.4 Å². The van der Waals surface area contributed by atoms with Gasteiger partial charge in [-0.25, -0.2) is 9.59 Å². The molecule has 2 aliphatic heterocycles. The van der Waals surface area contributed by atoms with Crippen molar-refractivity contribution in [2.75, 3.05) is 13.6 Å². The zero-order valence-electron chi connectivity index (χ0n) is 18.8. The monoisotopic (exact) mass is 480 g/mol. The first-order valence-electron chi connectivity index (χ1n) is 11.1. The van der Waals surface area contributed by atoms with Crippen molar-refractivity contribution >= 4 is 30.3 Å². The molecule has 2 bridgehead atoms. The second kappa shape index (κ2) is 7.85. The SMILES string of the molecule is CC(C)[C@H](NC(=O)Oc1ccc2c3c1OC1C(=O)CC[C@@]4(O)[C@@H](C2)N(C)CC[C@]314)C(=O)O.Cl. The Morgan fingerprint density at radius 3 is 2.70 bits per heavy atom. The highest BCUT2D eigenvalue weighted by molar-refractivity contribution is 5.90. The number of nitrogens with one attached hydrogen (secondary N) is 1. The van der Waals surface area contributed by atoms with Gasteiger partial charge in [0.1, 0.15) is 6.04 Å². The Hall–Kier alpha value is -2.36. The van der Waals surface area contributed by atoms with Gasteiger partial charge in [0, 0.05) is 18.0 Å². The standard InChI is InChI=1S/C23H28N2O7.ClH/c1-11(2)17(20(27)28)24-21(29)31-14-5-4-12-10-15-23(30)7-6-13(26)19-22(23,8-9-25(15)3)16(12)18(14)32-19;/h4-5,11,15,17,19,30H,6-10H2,1-3H3,(H,24,29)(H,27,28);1H/t15-,17+,19?,22+,23-;/m1./s1. The summed E-state index contributed by atoms with van der Waals surface area (Å²) in [6.45, 7) is 4.10. The molecule has 0 aromatic heterocycles. The van der Waals surface area contributed by atoms with E-state index in [0.717, 1.165) is 17.7 Å². The molecule has 33 heavy (non-hydrogen) atoms. The third kappa shape index (κ3) is 3.09. The molecule has 1 aromatic rings. The fourth-order valence-electron chi connectivity index (χ4n) is 6.37. The molecule has 1 unspecified atom stereocenters. The Morgan fingerprint density at radius 2 is 2.03 bits per heavy atom. The van der Waals surface area contributed by atoms with Crippen LogP contribution in [0.5, 0.6) is 11.5 Å². The number of ketones is 1. The Morgan fingerprint density at radius 1 is 1.30 bits per heavy atom. The Kier molecular flexibility index (Phi) is 5.66. The Labute approximate surface area is 197 Å². The molecular weight excluding hydrogens is 452 g/mol. The van der Waals surface area contributed by atoms with Crippen molar-refractivity contribution in [2.24, 2.45) is 5.92 Å². The number of aliphatic hydroxyl groups is 1. The number of halogens is 1. The average molecular weight is 481 g/mol. The van der Waals surface area contributed by atoms with E-state index >= 15 is 0 Å². The summed E-state index contributed by atoms with van der Waals surface area (Å²) in [4.78, 5) is 39.0. The minimum absolute atomic E-state index is 0. The van der Waals surface area contributed by atoms with Crippen LogP contribution in [0.25, 0.3) is 0 Å². The fraction of sp³-hybridized carbons (Fsp3) is 0.609. The van der Waals surface area contributed by atoms with Gasteiger partial charge in [-0.3, -0.25) is 4.79 Å². The number of hydrogen-bond acceptors (Lipinski definition) is 7. The predicted octanol–water partition coefficient (Wildman–Crippen LogP) is 1.66. The zero-order valence-corrected chi connectivity index (χ0v) is 19.6. The van der Waals surface area contributed by atoms with E-state index < -0.39 is 35.2 Å². The molecule has 3 N–H and O–H groups in total. The predicted molar refractivity (Wildman–Crippen MR) is 119 cm³/mol. The molecule has 10 heteroatoms. The molecule has 2 fully saturated rings. The van der Waals surface area contributed by atoms with Crippen molar-refractivity contribution in [2.45, 2.75) is 68.7 Å². The van der Waals surface area contributed by atoms with Crippen molar-refractivity contribution in [1.82, 2.24) is 10.2 Å². The summed E-state index contributed by atoms with van der Waals surface area (Å²) >= 11 is 0. The van der Waals surface area contributed by atoms with Crippen LogP contribution in [-0.4, -0.2) is 70.3 Å². The summed E-state index contributed by atoms with van der Waals surface area (Å²) in [5, 5.41) is 23.7. The molecule has 2 aliphatic carbocycles. The molecule has 5 atom stereocenters. The number of carbonyl (C=O) groups excluding carboxylic acids is 2. The molecule has 0 radical (unpaired) electrons. The van der Waals surface area contributed by atoms with Crippen LogP contribution in [0, 0.1) is 5.92 Å². The number of benzene rings is 1. The number of carboxylic acid groups (broad SMARTS) is 1. The summed E-state index contributed by atoms with van der Waals surface area (Å²) < 4.78 is 11.7. The van der Waals surface area contributed by atoms with Crippen molar-refractivity contribution < 1.29 is 34.1 Å². The number of ether oxygens (including phenoxy) is 2. The van der Waals surface area contributed by atoms with Crippen LogP contribution in [0.15, 0.2) is 12.1 Å². The van der Waals surface area contributed by atoms with Gasteiger partial charge in [0.05, 0.1) is 11.0 Å². The van der Waals surface area contributed by atoms with Gasteiger partial charge in [-0.2, -0.15) is 0 Å². The molecule has 1 saturated carbocycles. The largest absolute Gasteiger partial charge is 0.480 e. The number of piperidine rings is 1. The number of likely N-dealkylation sites (tertiary alicyclic amines) is 1. The number of amides is 1. The number of Topliss-reactive ketones (excluding diaryl/α,β-unsaturated/α-hetero) is 1. The fourth-order valence-corrected chi connectivity index (χ4v) is 6.37. The van der Waals surface area contributed by atoms with E-state index in [0.29, 0.717) is 25.0 Å². The van der Waals surface area contributed by atoms with Gasteiger partial charge in [0.15, 0.2) is 23.4 Å². The topological polar surface area (TPSA) is 125 Å². The minimum atomic E-state index is -1.15. The van der Waals surface area contributed by atoms with Crippen LogP contribution in [0.3, 0.4) is 0 Å². The molecule has 1 amide bonds. The molecule has 2 heterocycles. The maximum Gasteiger partial charge on any atom is 0.413 e. The first-order valence-corrected chi connectivity index (χ1v) is 11.1. The molecular formula is C23H29ClN2O7. The first-order chi connectivity index (χ1) is 15.1. The number of likely N-dealkylation sites (N-methyl/N-ethyl adjacent to an activating group) is 1. The van der Waals surface area contributed by atoms with Gasteiger partial charge >= 0.3 is 12.1 Å². The van der Waals surface area contributed by atoms with Gasteiger partial charge in [0.2, 0.25) is 0 Å². The van der Waals surface area contributed by atoms with Gasteiger partial charge in [-0.15, -0.1) is 12.4 Å². The Balaban J connectivity index is 0.00000259. The van der Waals surface area contributed by atoms with Crippen LogP contribution < -0.4 is 14.8 Å². The van der Waals surface area contributed by atoms with Crippen LogP contribution in [0.1, 0.15) is 44.2 Å². The number of aliphatic carboxylic acids is 1. The number of nitrogens with zero attached hydrogens (tertiary/aromatic N) is 1. The average Bonchev–Trinajstić information content (AvgIpc) is 3.08. The van der Waals surface area contributed by atoms with E-state index in [4.69, 9.17) is 9.47 Å². The van der Waals surface area contributed by atoms with Crippen molar-refractivity contribution in [3.63, 3.8) is 0 Å². The smallest absolute Gasteiger partial charge is 0.413 e. The summed E-state index contributed by atoms with van der Waals surface area (Å²) in [5.41, 5.74) is -0.216. The van der Waals surface area contributed by atoms with E-state index in [2.05, 4.69) is 10.2 Å². The highest BCUT2D eigenvalue weighted by Crippen LogP contribution is 2.64. The second-order valence-electron chi connectivity index (χ2n) is 9.83. The van der Waals surface area contributed by atoms with E-state index in [-0.39, 0.29) is 42.3 Å². The second-order valence-corrected chi connectivity index (χ2v) is 9.83. The quantitative estimate of drug-likeness (QED) is 0.594. The summed E-state index contributed by atoms with van der Waals surface area (Å²) in [5.74, 6) is -1.09. The van der Waals surface area contributed by atoms with Crippen LogP contribution in [0.4, 0.5) is 4.79 Å². The van der Waals surface area contributed by atoms with Crippen LogP contribution in [-0.2, 0) is 21.4 Å². The summed E-state index contributed by atoms with van der Waals surface area (Å²) in [6.07, 6.45) is 0.0692. The lowest BCUT2D eigenvalue weighted by Gasteiger charge is -2.61. The number of carboxylic acids is 1. The summed E-state index contributed by atoms with van der Waals surface area (Å²) in [7, 11) is 2.00. The normalized spacial score (nSPS) is 32.3.